The summed E-state index contributed by atoms with van der Waals surface area (Å²) in [7, 11) is 1.69. The van der Waals surface area contributed by atoms with Crippen molar-refractivity contribution in [3.8, 4) is 5.75 Å². The molecule has 1 aromatic carbocycles. The van der Waals surface area contributed by atoms with Gasteiger partial charge in [-0.25, -0.2) is 0 Å². The van der Waals surface area contributed by atoms with Crippen molar-refractivity contribution in [3.63, 3.8) is 0 Å². The van der Waals surface area contributed by atoms with E-state index in [1.165, 1.54) is 11.1 Å². The first kappa shape index (κ1) is 14.6. The quantitative estimate of drug-likeness (QED) is 0.879. The van der Waals surface area contributed by atoms with E-state index < -0.39 is 0 Å². The molecule has 0 fully saturated rings. The summed E-state index contributed by atoms with van der Waals surface area (Å²) < 4.78 is 7.47. The zero-order valence-corrected chi connectivity index (χ0v) is 12.7. The average Bonchev–Trinajstić information content (AvgIpc) is 2.88. The van der Waals surface area contributed by atoms with Crippen LogP contribution in [0, 0.1) is 6.92 Å². The van der Waals surface area contributed by atoms with E-state index in [-0.39, 0.29) is 6.04 Å². The summed E-state index contributed by atoms with van der Waals surface area (Å²) in [5.41, 5.74) is 3.58. The smallest absolute Gasteiger partial charge is 0.161 e. The van der Waals surface area contributed by atoms with E-state index in [1.54, 1.807) is 13.3 Å². The first-order chi connectivity index (χ1) is 9.71. The van der Waals surface area contributed by atoms with Gasteiger partial charge in [-0.05, 0) is 26.0 Å². The molecule has 0 spiro atoms. The molecule has 2 rings (SSSR count). The third-order valence-electron chi connectivity index (χ3n) is 3.46. The van der Waals surface area contributed by atoms with Crippen LogP contribution in [0.3, 0.4) is 0 Å². The second-order valence-electron chi connectivity index (χ2n) is 4.82. The molecule has 0 bridgehead atoms. The molecule has 1 atom stereocenters. The Kier molecular flexibility index (Phi) is 4.79. The standard InChI is InChI=1S/C16H23N3O/c1-5-17-15(13-9-7-12(3)8-10-13)16-14(20-4)11-18-19(16)6-2/h7-11,15,17H,5-6H2,1-4H3. The van der Waals surface area contributed by atoms with Gasteiger partial charge in [-0.15, -0.1) is 0 Å². The monoisotopic (exact) mass is 273 g/mol. The lowest BCUT2D eigenvalue weighted by Gasteiger charge is -2.21. The first-order valence-corrected chi connectivity index (χ1v) is 7.10. The van der Waals surface area contributed by atoms with Gasteiger partial charge in [0.15, 0.2) is 5.75 Å². The van der Waals surface area contributed by atoms with Crippen molar-refractivity contribution < 1.29 is 4.74 Å². The van der Waals surface area contributed by atoms with Gasteiger partial charge in [0.25, 0.3) is 0 Å². The van der Waals surface area contributed by atoms with E-state index in [0.717, 1.165) is 24.5 Å². The number of nitrogens with one attached hydrogen (secondary N) is 1. The number of benzene rings is 1. The summed E-state index contributed by atoms with van der Waals surface area (Å²) in [4.78, 5) is 0. The van der Waals surface area contributed by atoms with Gasteiger partial charge < -0.3 is 10.1 Å². The second-order valence-corrected chi connectivity index (χ2v) is 4.82. The molecule has 108 valence electrons. The number of ether oxygens (including phenoxy) is 1. The van der Waals surface area contributed by atoms with Crippen LogP contribution in [0.5, 0.6) is 5.75 Å². The Labute approximate surface area is 120 Å². The summed E-state index contributed by atoms with van der Waals surface area (Å²) in [5.74, 6) is 0.832. The Balaban J connectivity index is 2.47. The minimum Gasteiger partial charge on any atom is -0.493 e. The molecule has 1 N–H and O–H groups in total. The van der Waals surface area contributed by atoms with Crippen LogP contribution < -0.4 is 10.1 Å². The molecule has 0 aliphatic heterocycles. The minimum atomic E-state index is 0.0954. The fourth-order valence-electron chi connectivity index (χ4n) is 2.41. The number of aromatic nitrogens is 2. The number of nitrogens with zero attached hydrogens (tertiary/aromatic N) is 2. The molecule has 1 unspecified atom stereocenters. The number of hydrogen-bond donors (Lipinski definition) is 1. The topological polar surface area (TPSA) is 39.1 Å². The van der Waals surface area contributed by atoms with Gasteiger partial charge in [-0.3, -0.25) is 4.68 Å². The van der Waals surface area contributed by atoms with Crippen molar-refractivity contribution in [2.24, 2.45) is 0 Å². The minimum absolute atomic E-state index is 0.0954. The van der Waals surface area contributed by atoms with Gasteiger partial charge in [0.05, 0.1) is 19.3 Å². The molecule has 1 heterocycles. The molecule has 0 saturated carbocycles. The highest BCUT2D eigenvalue weighted by atomic mass is 16.5. The molecular formula is C16H23N3O. The highest BCUT2D eigenvalue weighted by Gasteiger charge is 2.22. The van der Waals surface area contributed by atoms with E-state index >= 15 is 0 Å². The summed E-state index contributed by atoms with van der Waals surface area (Å²) in [5, 5.41) is 7.93. The van der Waals surface area contributed by atoms with Crippen molar-refractivity contribution in [1.29, 1.82) is 0 Å². The molecule has 0 aliphatic rings. The van der Waals surface area contributed by atoms with Crippen LogP contribution in [0.4, 0.5) is 0 Å². The predicted octanol–water partition coefficient (Wildman–Crippen LogP) is 2.92. The van der Waals surface area contributed by atoms with E-state index in [9.17, 15) is 0 Å². The Morgan fingerprint density at radius 1 is 1.25 bits per heavy atom. The van der Waals surface area contributed by atoms with Crippen LogP contribution in [0.1, 0.15) is 36.7 Å². The second kappa shape index (κ2) is 6.57. The maximum atomic E-state index is 5.48. The summed E-state index contributed by atoms with van der Waals surface area (Å²) in [6.07, 6.45) is 1.79. The Morgan fingerprint density at radius 2 is 1.95 bits per heavy atom. The number of rotatable bonds is 6. The third kappa shape index (κ3) is 2.85. The van der Waals surface area contributed by atoms with E-state index in [1.807, 2.05) is 4.68 Å². The van der Waals surface area contributed by atoms with E-state index in [0.29, 0.717) is 0 Å². The highest BCUT2D eigenvalue weighted by molar-refractivity contribution is 5.37. The van der Waals surface area contributed by atoms with Crippen LogP contribution in [-0.4, -0.2) is 23.4 Å². The first-order valence-electron chi connectivity index (χ1n) is 7.10. The maximum absolute atomic E-state index is 5.48. The van der Waals surface area contributed by atoms with Crippen molar-refractivity contribution in [1.82, 2.24) is 15.1 Å². The molecule has 2 aromatic rings. The molecule has 0 aliphatic carbocycles. The number of methoxy groups -OCH3 is 1. The maximum Gasteiger partial charge on any atom is 0.161 e. The largest absolute Gasteiger partial charge is 0.493 e. The lowest BCUT2D eigenvalue weighted by molar-refractivity contribution is 0.399. The molecule has 4 heteroatoms. The van der Waals surface area contributed by atoms with E-state index in [2.05, 4.69) is 55.5 Å². The Bertz CT molecular complexity index is 524. The molecule has 1 aromatic heterocycles. The van der Waals surface area contributed by atoms with Crippen molar-refractivity contribution in [2.45, 2.75) is 33.4 Å². The predicted molar refractivity (Wildman–Crippen MR) is 81.2 cm³/mol. The van der Waals surface area contributed by atoms with Gasteiger partial charge in [0.2, 0.25) is 0 Å². The van der Waals surface area contributed by atoms with Crippen LogP contribution >= 0.6 is 0 Å². The fraction of sp³-hybridized carbons (Fsp3) is 0.438. The molecule has 0 saturated heterocycles. The number of aryl methyl sites for hydroxylation is 2. The van der Waals surface area contributed by atoms with Crippen molar-refractivity contribution in [3.05, 3.63) is 47.3 Å². The Morgan fingerprint density at radius 3 is 2.50 bits per heavy atom. The van der Waals surface area contributed by atoms with Gasteiger partial charge in [-0.1, -0.05) is 36.8 Å². The summed E-state index contributed by atoms with van der Waals surface area (Å²) in [6, 6.07) is 8.69. The zero-order chi connectivity index (χ0) is 14.5. The van der Waals surface area contributed by atoms with Gasteiger partial charge in [0.1, 0.15) is 5.69 Å². The lowest BCUT2D eigenvalue weighted by Crippen LogP contribution is -2.25. The highest BCUT2D eigenvalue weighted by Crippen LogP contribution is 2.30. The van der Waals surface area contributed by atoms with Crippen LogP contribution in [0.15, 0.2) is 30.5 Å². The average molecular weight is 273 g/mol. The van der Waals surface area contributed by atoms with Crippen molar-refractivity contribution in [2.75, 3.05) is 13.7 Å². The van der Waals surface area contributed by atoms with Crippen LogP contribution in [0.2, 0.25) is 0 Å². The number of hydrogen-bond acceptors (Lipinski definition) is 3. The molecule has 20 heavy (non-hydrogen) atoms. The summed E-state index contributed by atoms with van der Waals surface area (Å²) in [6.45, 7) is 8.01. The molecular weight excluding hydrogens is 250 g/mol. The lowest BCUT2D eigenvalue weighted by atomic mass is 10.0. The molecule has 0 amide bonds. The normalized spacial score (nSPS) is 12.4. The fourth-order valence-corrected chi connectivity index (χ4v) is 2.41. The van der Waals surface area contributed by atoms with Crippen molar-refractivity contribution >= 4 is 0 Å². The van der Waals surface area contributed by atoms with Gasteiger partial charge in [-0.2, -0.15) is 5.10 Å². The third-order valence-corrected chi connectivity index (χ3v) is 3.46. The van der Waals surface area contributed by atoms with Crippen LogP contribution in [-0.2, 0) is 6.54 Å². The zero-order valence-electron chi connectivity index (χ0n) is 12.7. The Hall–Kier alpha value is -1.81. The van der Waals surface area contributed by atoms with Gasteiger partial charge in [0, 0.05) is 6.54 Å². The van der Waals surface area contributed by atoms with E-state index in [4.69, 9.17) is 4.74 Å². The molecule has 0 radical (unpaired) electrons. The van der Waals surface area contributed by atoms with Gasteiger partial charge >= 0.3 is 0 Å². The summed E-state index contributed by atoms with van der Waals surface area (Å²) >= 11 is 0. The SMILES string of the molecule is CCNC(c1ccc(C)cc1)c1c(OC)cnn1CC. The van der Waals surface area contributed by atoms with Crippen LogP contribution in [0.25, 0.3) is 0 Å². The molecule has 4 nitrogen and oxygen atoms in total.